The maximum atomic E-state index is 12.5. The van der Waals surface area contributed by atoms with E-state index in [4.69, 9.17) is 0 Å². The van der Waals surface area contributed by atoms with Crippen LogP contribution in [0, 0.1) is 0 Å². The first-order valence-electron chi connectivity index (χ1n) is 7.79. The van der Waals surface area contributed by atoms with E-state index in [1.165, 1.54) is 34.9 Å². The molecule has 120 valence electrons. The lowest BCUT2D eigenvalue weighted by Gasteiger charge is -2.16. The van der Waals surface area contributed by atoms with E-state index in [1.807, 2.05) is 20.8 Å². The lowest BCUT2D eigenvalue weighted by molar-refractivity contribution is 0.235. The summed E-state index contributed by atoms with van der Waals surface area (Å²) in [4.78, 5) is 20.9. The molecule has 2 aromatic heterocycles. The number of hydrogen-bond acceptors (Lipinski definition) is 5. The van der Waals surface area contributed by atoms with Crippen molar-refractivity contribution in [3.8, 4) is 0 Å². The summed E-state index contributed by atoms with van der Waals surface area (Å²) in [6.45, 7) is 8.23. The molecule has 0 saturated carbocycles. The van der Waals surface area contributed by atoms with Crippen molar-refractivity contribution in [2.24, 2.45) is 0 Å². The first-order chi connectivity index (χ1) is 10.4. The largest absolute Gasteiger partial charge is 0.372 e. The van der Waals surface area contributed by atoms with Gasteiger partial charge in [0.2, 0.25) is 0 Å². The van der Waals surface area contributed by atoms with E-state index in [9.17, 15) is 4.79 Å². The summed E-state index contributed by atoms with van der Waals surface area (Å²) in [6, 6.07) is -0.352. The molecule has 7 nitrogen and oxygen atoms in total. The van der Waals surface area contributed by atoms with Crippen LogP contribution in [-0.2, 0) is 11.8 Å². The molecule has 2 heterocycles. The Morgan fingerprint density at radius 1 is 1.23 bits per heavy atom. The van der Waals surface area contributed by atoms with E-state index >= 15 is 0 Å². The number of hydrogen-bond donors (Lipinski definition) is 0. The number of unbranched alkanes of at least 4 members (excludes halogenated alkanes) is 3. The summed E-state index contributed by atoms with van der Waals surface area (Å²) in [5.74, 6) is 1.37. The van der Waals surface area contributed by atoms with Crippen molar-refractivity contribution < 1.29 is 4.79 Å². The second-order valence-corrected chi connectivity index (χ2v) is 6.45. The van der Waals surface area contributed by atoms with Gasteiger partial charge in [0.05, 0.1) is 0 Å². The number of rotatable bonds is 5. The van der Waals surface area contributed by atoms with Gasteiger partial charge >= 0.3 is 6.03 Å². The van der Waals surface area contributed by atoms with E-state index in [2.05, 4.69) is 27.1 Å². The third kappa shape index (κ3) is 3.78. The summed E-state index contributed by atoms with van der Waals surface area (Å²) < 4.78 is 2.52. The highest BCUT2D eigenvalue weighted by atomic mass is 16.2. The number of carbonyl (C=O) groups is 1. The van der Waals surface area contributed by atoms with E-state index in [0.717, 1.165) is 25.1 Å². The fourth-order valence-corrected chi connectivity index (χ4v) is 2.19. The van der Waals surface area contributed by atoms with Gasteiger partial charge in [-0.25, -0.2) is 14.8 Å². The average molecular weight is 304 g/mol. The van der Waals surface area contributed by atoms with E-state index in [0.29, 0.717) is 5.82 Å². The summed E-state index contributed by atoms with van der Waals surface area (Å²) in [7, 11) is 0. The number of carbonyl (C=O) groups excluding carboxylic acids is 1. The zero-order valence-corrected chi connectivity index (χ0v) is 13.8. The molecule has 0 N–H and O–H groups in total. The monoisotopic (exact) mass is 304 g/mol. The van der Waals surface area contributed by atoms with Crippen LogP contribution in [0.25, 0.3) is 0 Å². The fourth-order valence-electron chi connectivity index (χ4n) is 2.19. The highest BCUT2D eigenvalue weighted by molar-refractivity contribution is 5.77. The molecule has 0 unspecified atom stereocenters. The van der Waals surface area contributed by atoms with E-state index in [-0.39, 0.29) is 11.4 Å². The van der Waals surface area contributed by atoms with Gasteiger partial charge in [0, 0.05) is 11.8 Å². The molecule has 2 aromatic rings. The first-order valence-corrected chi connectivity index (χ1v) is 7.79. The van der Waals surface area contributed by atoms with E-state index < -0.39 is 0 Å². The highest BCUT2D eigenvalue weighted by Gasteiger charge is 2.27. The van der Waals surface area contributed by atoms with Gasteiger partial charge in [-0.3, -0.25) is 0 Å². The quantitative estimate of drug-likeness (QED) is 0.794. The number of nitrogens with zero attached hydrogens (tertiary/aromatic N) is 6. The summed E-state index contributed by atoms with van der Waals surface area (Å²) in [5.41, 5.74) is -0.273. The predicted octanol–water partition coefficient (Wildman–Crippen LogP) is 2.81. The average Bonchev–Trinajstić information content (AvgIpc) is 3.11. The van der Waals surface area contributed by atoms with Crippen LogP contribution in [0.2, 0.25) is 0 Å². The van der Waals surface area contributed by atoms with Crippen molar-refractivity contribution in [3.05, 3.63) is 24.3 Å². The van der Waals surface area contributed by atoms with Crippen molar-refractivity contribution in [3.63, 3.8) is 0 Å². The van der Waals surface area contributed by atoms with Gasteiger partial charge in [-0.1, -0.05) is 47.0 Å². The molecule has 2 rings (SSSR count). The molecule has 0 amide bonds. The minimum absolute atomic E-state index is 0.273. The van der Waals surface area contributed by atoms with Crippen LogP contribution in [0.15, 0.2) is 12.7 Å². The molecule has 0 aliphatic carbocycles. The molecule has 0 aromatic carbocycles. The summed E-state index contributed by atoms with van der Waals surface area (Å²) in [5, 5.41) is 8.28. The van der Waals surface area contributed by atoms with Crippen LogP contribution in [0.3, 0.4) is 0 Å². The van der Waals surface area contributed by atoms with Gasteiger partial charge in [0.25, 0.3) is 0 Å². The van der Waals surface area contributed by atoms with Crippen LogP contribution in [0.5, 0.6) is 0 Å². The third-order valence-corrected chi connectivity index (χ3v) is 3.37. The molecule has 0 aliphatic heterocycles. The van der Waals surface area contributed by atoms with E-state index in [1.54, 1.807) is 0 Å². The lowest BCUT2D eigenvalue weighted by Crippen LogP contribution is -2.28. The Hall–Kier alpha value is -2.05. The standard InChI is InChI=1S/C15H24N6O/c1-5-6-7-8-9-12-18-13(15(2,3)4)21(19-12)14(22)20-11-16-10-17-20/h10-11H,5-9H2,1-4H3. The van der Waals surface area contributed by atoms with Gasteiger partial charge < -0.3 is 0 Å². The fraction of sp³-hybridized carbons (Fsp3) is 0.667. The van der Waals surface area contributed by atoms with Gasteiger partial charge in [0.1, 0.15) is 18.5 Å². The molecule has 0 aliphatic rings. The Labute approximate surface area is 130 Å². The molecule has 22 heavy (non-hydrogen) atoms. The summed E-state index contributed by atoms with van der Waals surface area (Å²) in [6.07, 6.45) is 8.10. The van der Waals surface area contributed by atoms with Crippen LogP contribution in [-0.4, -0.2) is 35.6 Å². The van der Waals surface area contributed by atoms with Crippen molar-refractivity contribution in [1.29, 1.82) is 0 Å². The molecule has 0 spiro atoms. The van der Waals surface area contributed by atoms with Crippen LogP contribution in [0.1, 0.15) is 65.0 Å². The number of aromatic nitrogens is 6. The summed E-state index contributed by atoms with van der Waals surface area (Å²) >= 11 is 0. The van der Waals surface area contributed by atoms with Crippen molar-refractivity contribution in [2.75, 3.05) is 0 Å². The zero-order valence-electron chi connectivity index (χ0n) is 13.8. The van der Waals surface area contributed by atoms with Crippen molar-refractivity contribution >= 4 is 6.03 Å². The molecule has 0 bridgehead atoms. The molecule has 0 radical (unpaired) electrons. The zero-order chi connectivity index (χ0) is 16.2. The maximum absolute atomic E-state index is 12.5. The van der Waals surface area contributed by atoms with Crippen LogP contribution in [0.4, 0.5) is 4.79 Å². The predicted molar refractivity (Wildman–Crippen MR) is 82.8 cm³/mol. The Kier molecular flexibility index (Phi) is 5.05. The molecule has 0 saturated heterocycles. The molecule has 7 heteroatoms. The Bertz CT molecular complexity index is 609. The molecule has 0 atom stereocenters. The topological polar surface area (TPSA) is 78.5 Å². The smallest absolute Gasteiger partial charge is 0.243 e. The Morgan fingerprint density at radius 2 is 2.00 bits per heavy atom. The van der Waals surface area contributed by atoms with Gasteiger partial charge in [-0.05, 0) is 6.42 Å². The van der Waals surface area contributed by atoms with Crippen molar-refractivity contribution in [1.82, 2.24) is 29.5 Å². The van der Waals surface area contributed by atoms with Crippen LogP contribution < -0.4 is 0 Å². The second kappa shape index (κ2) is 6.81. The molecular weight excluding hydrogens is 280 g/mol. The minimum Gasteiger partial charge on any atom is -0.243 e. The normalized spacial score (nSPS) is 11.8. The highest BCUT2D eigenvalue weighted by Crippen LogP contribution is 2.21. The minimum atomic E-state index is -0.352. The number of aryl methyl sites for hydroxylation is 1. The Balaban J connectivity index is 2.23. The Morgan fingerprint density at radius 3 is 2.59 bits per heavy atom. The SMILES string of the molecule is CCCCCCc1nc(C(C)(C)C)n(C(=O)n2cncn2)n1. The third-order valence-electron chi connectivity index (χ3n) is 3.37. The van der Waals surface area contributed by atoms with Gasteiger partial charge in [-0.15, -0.1) is 5.10 Å². The lowest BCUT2D eigenvalue weighted by atomic mass is 9.96. The van der Waals surface area contributed by atoms with Crippen molar-refractivity contribution in [2.45, 2.75) is 65.2 Å². The van der Waals surface area contributed by atoms with Gasteiger partial charge in [0.15, 0.2) is 5.82 Å². The molecular formula is C15H24N6O. The van der Waals surface area contributed by atoms with Crippen LogP contribution >= 0.6 is 0 Å². The first kappa shape index (κ1) is 16.3. The van der Waals surface area contributed by atoms with Gasteiger partial charge in [-0.2, -0.15) is 14.5 Å². The maximum Gasteiger partial charge on any atom is 0.372 e. The second-order valence-electron chi connectivity index (χ2n) is 6.45. The molecule has 0 fully saturated rings.